The molecular formula is C21H19FLiNO. The fraction of sp³-hybridized carbons (Fsp3) is 0.0952. The van der Waals surface area contributed by atoms with Crippen molar-refractivity contribution in [3.8, 4) is 0 Å². The molecule has 1 amide bonds. The molecule has 3 aromatic rings. The third kappa shape index (κ3) is 3.84. The van der Waals surface area contributed by atoms with Gasteiger partial charge in [-0.2, -0.15) is 0 Å². The summed E-state index contributed by atoms with van der Waals surface area (Å²) in [5, 5.41) is 2.92. The Morgan fingerprint density at radius 1 is 0.760 bits per heavy atom. The van der Waals surface area contributed by atoms with Gasteiger partial charge >= 0.3 is 18.9 Å². The molecule has 0 spiro atoms. The summed E-state index contributed by atoms with van der Waals surface area (Å²) >= 11 is 0. The van der Waals surface area contributed by atoms with Crippen molar-refractivity contribution in [2.24, 2.45) is 0 Å². The Hall–Kier alpha value is -2.34. The van der Waals surface area contributed by atoms with Crippen molar-refractivity contribution in [3.63, 3.8) is 0 Å². The van der Waals surface area contributed by atoms with Gasteiger partial charge in [0.15, 0.2) is 6.67 Å². The Bertz CT molecular complexity index is 703. The van der Waals surface area contributed by atoms with Crippen LogP contribution in [0.25, 0.3) is 0 Å². The molecule has 3 aromatic carbocycles. The summed E-state index contributed by atoms with van der Waals surface area (Å²) in [6.45, 7) is -1.06. The second kappa shape index (κ2) is 8.67. The van der Waals surface area contributed by atoms with E-state index in [-0.39, 0.29) is 20.3 Å². The van der Waals surface area contributed by atoms with Gasteiger partial charge in [0.2, 0.25) is 0 Å². The smallest absolute Gasteiger partial charge is 1.00 e. The van der Waals surface area contributed by atoms with E-state index in [2.05, 4.69) is 5.32 Å². The number of hydrogen-bond donors (Lipinski definition) is 1. The van der Waals surface area contributed by atoms with Crippen LogP contribution in [-0.2, 0) is 10.3 Å². The average Bonchev–Trinajstić information content (AvgIpc) is 2.68. The number of alkyl halides is 1. The molecule has 1 N–H and O–H groups in total. The maximum atomic E-state index is 13.1. The van der Waals surface area contributed by atoms with Crippen molar-refractivity contribution in [1.82, 2.24) is 5.32 Å². The maximum absolute atomic E-state index is 13.1. The molecule has 4 heteroatoms. The largest absolute Gasteiger partial charge is 1.00 e. The predicted molar refractivity (Wildman–Crippen MR) is 94.4 cm³/mol. The van der Waals surface area contributed by atoms with E-state index in [1.807, 2.05) is 91.0 Å². The first-order valence-corrected chi connectivity index (χ1v) is 7.81. The number of rotatable bonds is 5. The number of nitrogens with one attached hydrogen (secondary N) is 1. The zero-order valence-corrected chi connectivity index (χ0v) is 14.2. The fourth-order valence-electron chi connectivity index (χ4n) is 3.02. The molecule has 0 atom stereocenters. The summed E-state index contributed by atoms with van der Waals surface area (Å²) in [6.07, 6.45) is 0. The Morgan fingerprint density at radius 2 is 1.08 bits per heavy atom. The average molecular weight is 327 g/mol. The number of halogens is 1. The summed E-state index contributed by atoms with van der Waals surface area (Å²) in [5.74, 6) is -0.647. The van der Waals surface area contributed by atoms with E-state index < -0.39 is 18.1 Å². The van der Waals surface area contributed by atoms with E-state index in [0.717, 1.165) is 16.7 Å². The van der Waals surface area contributed by atoms with Crippen LogP contribution in [0.1, 0.15) is 18.1 Å². The van der Waals surface area contributed by atoms with E-state index in [4.69, 9.17) is 0 Å². The van der Waals surface area contributed by atoms with Gasteiger partial charge in [-0.1, -0.05) is 91.0 Å². The third-order valence-corrected chi connectivity index (χ3v) is 4.07. The summed E-state index contributed by atoms with van der Waals surface area (Å²) in [5.41, 5.74) is 1.70. The van der Waals surface area contributed by atoms with E-state index in [0.29, 0.717) is 0 Å². The summed E-state index contributed by atoms with van der Waals surface area (Å²) < 4.78 is 13.1. The molecular weight excluding hydrogens is 308 g/mol. The molecule has 2 nitrogen and oxygen atoms in total. The monoisotopic (exact) mass is 327 g/mol. The minimum absolute atomic E-state index is 0. The van der Waals surface area contributed by atoms with Crippen LogP contribution < -0.4 is 24.2 Å². The maximum Gasteiger partial charge on any atom is 1.00 e. The summed E-state index contributed by atoms with van der Waals surface area (Å²) in [6, 6.07) is 28.9. The third-order valence-electron chi connectivity index (χ3n) is 4.07. The van der Waals surface area contributed by atoms with Crippen LogP contribution in [0.2, 0.25) is 0 Å². The molecule has 3 rings (SSSR count). The van der Waals surface area contributed by atoms with E-state index in [1.165, 1.54) is 0 Å². The van der Waals surface area contributed by atoms with Crippen molar-refractivity contribution in [2.75, 3.05) is 6.67 Å². The van der Waals surface area contributed by atoms with Gasteiger partial charge in [0, 0.05) is 0 Å². The van der Waals surface area contributed by atoms with E-state index in [9.17, 15) is 9.18 Å². The molecule has 0 saturated carbocycles. The normalized spacial score (nSPS) is 10.6. The van der Waals surface area contributed by atoms with Crippen molar-refractivity contribution in [3.05, 3.63) is 108 Å². The first kappa shape index (κ1) is 19.0. The van der Waals surface area contributed by atoms with Gasteiger partial charge in [0.1, 0.15) is 5.54 Å². The van der Waals surface area contributed by atoms with Gasteiger partial charge in [-0.05, 0) is 16.7 Å². The molecule has 25 heavy (non-hydrogen) atoms. The molecule has 0 bridgehead atoms. The van der Waals surface area contributed by atoms with Gasteiger partial charge in [0.05, 0.1) is 0 Å². The molecule has 0 radical (unpaired) electrons. The number of hydrogen-bond acceptors (Lipinski definition) is 1. The Morgan fingerprint density at radius 3 is 1.36 bits per heavy atom. The number of carbonyl (C=O) groups excluding carboxylic acids is 1. The molecule has 0 fully saturated rings. The SMILES string of the molecule is O=C(CF)NC(c1ccccc1)(c1ccccc1)c1ccccc1.[H-].[Li+]. The fourth-order valence-corrected chi connectivity index (χ4v) is 3.02. The Kier molecular flexibility index (Phi) is 6.58. The predicted octanol–water partition coefficient (Wildman–Crippen LogP) is 1.18. The van der Waals surface area contributed by atoms with Gasteiger partial charge < -0.3 is 6.74 Å². The summed E-state index contributed by atoms with van der Waals surface area (Å²) in [7, 11) is 0. The van der Waals surface area contributed by atoms with Crippen LogP contribution in [-0.4, -0.2) is 12.6 Å². The standard InChI is InChI=1S/C21H18FNO.Li.H/c22-16-20(24)23-21(17-10-4-1-5-11-17,18-12-6-2-7-13-18)19-14-8-3-9-15-19;;/h1-15H,16H2,(H,23,24);;/q;+1;-1. The van der Waals surface area contributed by atoms with Gasteiger partial charge in [-0.25, -0.2) is 4.39 Å². The minimum Gasteiger partial charge on any atom is -1.00 e. The van der Waals surface area contributed by atoms with Gasteiger partial charge in [-0.3, -0.25) is 4.79 Å². The van der Waals surface area contributed by atoms with Crippen molar-refractivity contribution >= 4 is 5.91 Å². The van der Waals surface area contributed by atoms with Crippen LogP contribution in [0.15, 0.2) is 91.0 Å². The van der Waals surface area contributed by atoms with Crippen molar-refractivity contribution in [1.29, 1.82) is 0 Å². The zero-order valence-electron chi connectivity index (χ0n) is 15.2. The molecule has 0 aliphatic rings. The zero-order chi connectivity index (χ0) is 16.8. The number of benzene rings is 3. The molecule has 122 valence electrons. The molecule has 0 aromatic heterocycles. The number of amides is 1. The molecule has 0 unspecified atom stereocenters. The van der Waals surface area contributed by atoms with Crippen molar-refractivity contribution in [2.45, 2.75) is 5.54 Å². The van der Waals surface area contributed by atoms with Crippen LogP contribution in [0.4, 0.5) is 4.39 Å². The Labute approximate surface area is 160 Å². The van der Waals surface area contributed by atoms with Crippen LogP contribution >= 0.6 is 0 Å². The topological polar surface area (TPSA) is 29.1 Å². The van der Waals surface area contributed by atoms with Crippen molar-refractivity contribution < 1.29 is 29.5 Å². The molecule has 0 saturated heterocycles. The number of carbonyl (C=O) groups is 1. The Balaban J connectivity index is 0.00000169. The minimum atomic E-state index is -1.06. The molecule has 0 aliphatic carbocycles. The van der Waals surface area contributed by atoms with Crippen LogP contribution in [0.5, 0.6) is 0 Å². The second-order valence-electron chi connectivity index (χ2n) is 5.53. The molecule has 0 heterocycles. The second-order valence-corrected chi connectivity index (χ2v) is 5.53. The quantitative estimate of drug-likeness (QED) is 0.553. The van der Waals surface area contributed by atoms with Gasteiger partial charge in [-0.15, -0.1) is 0 Å². The van der Waals surface area contributed by atoms with Crippen LogP contribution in [0, 0.1) is 0 Å². The first-order chi connectivity index (χ1) is 11.8. The van der Waals surface area contributed by atoms with E-state index in [1.54, 1.807) is 0 Å². The van der Waals surface area contributed by atoms with Crippen LogP contribution in [0.3, 0.4) is 0 Å². The first-order valence-electron chi connectivity index (χ1n) is 7.81. The molecule has 0 aliphatic heterocycles. The van der Waals surface area contributed by atoms with Gasteiger partial charge in [0.25, 0.3) is 5.91 Å². The summed E-state index contributed by atoms with van der Waals surface area (Å²) in [4.78, 5) is 12.1. The van der Waals surface area contributed by atoms with E-state index >= 15 is 0 Å².